The molecule has 1 heterocycles. The molecule has 0 aliphatic carbocycles. The highest BCUT2D eigenvalue weighted by atomic mass is 32.2. The first-order valence-electron chi connectivity index (χ1n) is 5.99. The van der Waals surface area contributed by atoms with Crippen molar-refractivity contribution in [3.8, 4) is 0 Å². The van der Waals surface area contributed by atoms with Crippen molar-refractivity contribution in [1.82, 2.24) is 0 Å². The smallest absolute Gasteiger partial charge is 0.127 e. The summed E-state index contributed by atoms with van der Waals surface area (Å²) in [6.07, 6.45) is 2.08. The van der Waals surface area contributed by atoms with E-state index in [0.717, 1.165) is 26.1 Å². The van der Waals surface area contributed by atoms with Crippen LogP contribution in [0.3, 0.4) is 0 Å². The average molecular weight is 268 g/mol. The van der Waals surface area contributed by atoms with E-state index in [9.17, 15) is 4.39 Å². The Morgan fingerprint density at radius 1 is 1.44 bits per heavy atom. The summed E-state index contributed by atoms with van der Waals surface area (Å²) in [5, 5.41) is 7.82. The number of nitrogen functional groups attached to an aromatic ring is 1. The molecule has 0 unspecified atom stereocenters. The monoisotopic (exact) mass is 268 g/mol. The summed E-state index contributed by atoms with van der Waals surface area (Å²) < 4.78 is 19.1. The zero-order valence-corrected chi connectivity index (χ0v) is 10.9. The van der Waals surface area contributed by atoms with Gasteiger partial charge in [-0.3, -0.25) is 5.41 Å². The number of amidine groups is 1. The summed E-state index contributed by atoms with van der Waals surface area (Å²) in [5.74, 6) is 0.286. The van der Waals surface area contributed by atoms with Gasteiger partial charge in [0.25, 0.3) is 0 Å². The van der Waals surface area contributed by atoms with Crippen LogP contribution in [-0.4, -0.2) is 24.3 Å². The molecule has 0 spiro atoms. The average Bonchev–Trinajstić information content (AvgIpc) is 2.38. The molecule has 0 bridgehead atoms. The molecule has 3 nitrogen and oxygen atoms in total. The van der Waals surface area contributed by atoms with E-state index in [1.165, 1.54) is 6.07 Å². The maximum atomic E-state index is 13.8. The van der Waals surface area contributed by atoms with E-state index in [-0.39, 0.29) is 11.7 Å². The molecule has 1 aromatic rings. The van der Waals surface area contributed by atoms with E-state index in [4.69, 9.17) is 15.9 Å². The van der Waals surface area contributed by atoms with E-state index < -0.39 is 0 Å². The third-order valence-electron chi connectivity index (χ3n) is 3.01. The number of hydrogen-bond acceptors (Lipinski definition) is 3. The fourth-order valence-electron chi connectivity index (χ4n) is 1.88. The molecule has 0 radical (unpaired) electrons. The molecule has 3 N–H and O–H groups in total. The van der Waals surface area contributed by atoms with Gasteiger partial charge < -0.3 is 10.5 Å². The molecule has 1 saturated heterocycles. The third kappa shape index (κ3) is 3.46. The van der Waals surface area contributed by atoms with E-state index in [1.807, 2.05) is 0 Å². The highest BCUT2D eigenvalue weighted by molar-refractivity contribution is 7.99. The van der Waals surface area contributed by atoms with E-state index in [2.05, 4.69) is 0 Å². The van der Waals surface area contributed by atoms with Gasteiger partial charge in [-0.25, -0.2) is 4.39 Å². The molecule has 1 aliphatic rings. The quantitative estimate of drug-likeness (QED) is 0.651. The number of nitrogens with two attached hydrogens (primary N) is 1. The molecule has 18 heavy (non-hydrogen) atoms. The van der Waals surface area contributed by atoms with Crippen LogP contribution in [0.15, 0.2) is 18.2 Å². The lowest BCUT2D eigenvalue weighted by Gasteiger charge is -2.21. The molecule has 1 aromatic carbocycles. The zero-order chi connectivity index (χ0) is 13.0. The predicted molar refractivity (Wildman–Crippen MR) is 72.6 cm³/mol. The Morgan fingerprint density at radius 3 is 2.78 bits per heavy atom. The Hall–Kier alpha value is -1.07. The Labute approximate surface area is 110 Å². The van der Waals surface area contributed by atoms with Crippen molar-refractivity contribution in [2.45, 2.75) is 23.8 Å². The minimum Gasteiger partial charge on any atom is -0.384 e. The molecule has 98 valence electrons. The second-order valence-corrected chi connectivity index (χ2v) is 5.63. The van der Waals surface area contributed by atoms with Crippen LogP contribution in [0.5, 0.6) is 0 Å². The van der Waals surface area contributed by atoms with Crippen LogP contribution >= 0.6 is 11.8 Å². The second kappa shape index (κ2) is 6.20. The SMILES string of the molecule is N=C(N)c1ccc(CSC2CCOCC2)c(F)c1. The van der Waals surface area contributed by atoms with Crippen molar-refractivity contribution in [3.63, 3.8) is 0 Å². The van der Waals surface area contributed by atoms with Gasteiger partial charge in [0.15, 0.2) is 0 Å². The van der Waals surface area contributed by atoms with Gasteiger partial charge in [-0.15, -0.1) is 0 Å². The van der Waals surface area contributed by atoms with Crippen molar-refractivity contribution >= 4 is 17.6 Å². The number of ether oxygens (including phenoxy) is 1. The van der Waals surface area contributed by atoms with E-state index >= 15 is 0 Å². The van der Waals surface area contributed by atoms with E-state index in [1.54, 1.807) is 23.9 Å². The third-order valence-corrected chi connectivity index (χ3v) is 4.43. The van der Waals surface area contributed by atoms with Gasteiger partial charge in [0.2, 0.25) is 0 Å². The van der Waals surface area contributed by atoms with Crippen LogP contribution in [-0.2, 0) is 10.5 Å². The lowest BCUT2D eigenvalue weighted by atomic mass is 10.1. The highest BCUT2D eigenvalue weighted by Gasteiger charge is 2.15. The first-order valence-corrected chi connectivity index (χ1v) is 7.04. The van der Waals surface area contributed by atoms with Gasteiger partial charge in [0, 0.05) is 29.8 Å². The molecule has 2 rings (SSSR count). The maximum Gasteiger partial charge on any atom is 0.127 e. The largest absolute Gasteiger partial charge is 0.384 e. The zero-order valence-electron chi connectivity index (χ0n) is 10.1. The standard InChI is InChI=1S/C13H17FN2OS/c14-12-7-9(13(15)16)1-2-10(12)8-18-11-3-5-17-6-4-11/h1-2,7,11H,3-6,8H2,(H3,15,16). The van der Waals surface area contributed by atoms with Crippen LogP contribution in [0.2, 0.25) is 0 Å². The first kappa shape index (κ1) is 13.4. The molecular formula is C13H17FN2OS. The molecule has 1 aliphatic heterocycles. The number of nitrogens with one attached hydrogen (secondary N) is 1. The van der Waals surface area contributed by atoms with E-state index in [0.29, 0.717) is 22.1 Å². The minimum atomic E-state index is -0.276. The fourth-order valence-corrected chi connectivity index (χ4v) is 3.06. The lowest BCUT2D eigenvalue weighted by molar-refractivity contribution is 0.1000. The van der Waals surface area contributed by atoms with Crippen LogP contribution in [0, 0.1) is 11.2 Å². The predicted octanol–water partition coefficient (Wildman–Crippen LogP) is 2.52. The molecule has 0 atom stereocenters. The van der Waals surface area contributed by atoms with Gasteiger partial charge in [-0.05, 0) is 24.5 Å². The van der Waals surface area contributed by atoms with Crippen LogP contribution < -0.4 is 5.73 Å². The Kier molecular flexibility index (Phi) is 4.60. The van der Waals surface area contributed by atoms with Crippen LogP contribution in [0.25, 0.3) is 0 Å². The molecule has 1 fully saturated rings. The van der Waals surface area contributed by atoms with Crippen molar-refractivity contribution in [1.29, 1.82) is 5.41 Å². The first-order chi connectivity index (χ1) is 8.66. The summed E-state index contributed by atoms with van der Waals surface area (Å²) >= 11 is 1.77. The van der Waals surface area contributed by atoms with Crippen molar-refractivity contribution in [2.75, 3.05) is 13.2 Å². The number of thioether (sulfide) groups is 1. The second-order valence-electron chi connectivity index (χ2n) is 4.34. The highest BCUT2D eigenvalue weighted by Crippen LogP contribution is 2.26. The number of benzene rings is 1. The van der Waals surface area contributed by atoms with Crippen LogP contribution in [0.4, 0.5) is 4.39 Å². The molecule has 5 heteroatoms. The maximum absolute atomic E-state index is 13.8. The van der Waals surface area contributed by atoms with Crippen molar-refractivity contribution in [3.05, 3.63) is 35.1 Å². The summed E-state index contributed by atoms with van der Waals surface area (Å²) in [5.41, 5.74) is 6.44. The Bertz CT molecular complexity index is 433. The molecule has 0 saturated carbocycles. The lowest BCUT2D eigenvalue weighted by Crippen LogP contribution is -2.17. The number of halogens is 1. The summed E-state index contributed by atoms with van der Waals surface area (Å²) in [7, 11) is 0. The number of rotatable bonds is 4. The molecule has 0 aromatic heterocycles. The van der Waals surface area contributed by atoms with Gasteiger partial charge in [0.05, 0.1) is 0 Å². The molecule has 0 amide bonds. The normalized spacial score (nSPS) is 16.7. The van der Waals surface area contributed by atoms with Gasteiger partial charge in [0.1, 0.15) is 11.7 Å². The Morgan fingerprint density at radius 2 is 2.17 bits per heavy atom. The van der Waals surface area contributed by atoms with Crippen molar-refractivity contribution in [2.24, 2.45) is 5.73 Å². The van der Waals surface area contributed by atoms with Crippen molar-refractivity contribution < 1.29 is 9.13 Å². The fraction of sp³-hybridized carbons (Fsp3) is 0.462. The number of hydrogen-bond donors (Lipinski definition) is 2. The van der Waals surface area contributed by atoms with Gasteiger partial charge in [-0.2, -0.15) is 11.8 Å². The Balaban J connectivity index is 1.94. The minimum absolute atomic E-state index is 0.0995. The summed E-state index contributed by atoms with van der Waals surface area (Å²) in [6.45, 7) is 1.62. The van der Waals surface area contributed by atoms with Gasteiger partial charge in [-0.1, -0.05) is 12.1 Å². The molecular weight excluding hydrogens is 251 g/mol. The summed E-state index contributed by atoms with van der Waals surface area (Å²) in [6, 6.07) is 4.76. The van der Waals surface area contributed by atoms with Gasteiger partial charge >= 0.3 is 0 Å². The summed E-state index contributed by atoms with van der Waals surface area (Å²) in [4.78, 5) is 0. The van der Waals surface area contributed by atoms with Crippen LogP contribution in [0.1, 0.15) is 24.0 Å². The topological polar surface area (TPSA) is 59.1 Å².